The molecule has 0 radical (unpaired) electrons. The van der Waals surface area contributed by atoms with Crippen molar-refractivity contribution >= 4 is 39.8 Å². The molecule has 4 unspecified atom stereocenters. The molecule has 0 saturated carbocycles. The number of fused-ring (bicyclic) bond motifs is 2. The Labute approximate surface area is 195 Å². The van der Waals surface area contributed by atoms with Gasteiger partial charge < -0.3 is 20.4 Å². The minimum absolute atomic E-state index is 0.0308. The topological polar surface area (TPSA) is 93.7 Å². The number of amides is 3. The molecule has 3 aliphatic heterocycles. The Morgan fingerprint density at radius 3 is 2.73 bits per heavy atom. The first-order chi connectivity index (χ1) is 16.1. The van der Waals surface area contributed by atoms with Crippen LogP contribution in [0, 0.1) is 11.8 Å². The molecule has 2 N–H and O–H groups in total. The average molecular weight is 464 g/mol. The third kappa shape index (κ3) is 3.41. The summed E-state index contributed by atoms with van der Waals surface area (Å²) in [7, 11) is 1.79. The van der Waals surface area contributed by atoms with E-state index in [1.54, 1.807) is 34.6 Å². The lowest BCUT2D eigenvalue weighted by Gasteiger charge is -2.22. The maximum absolute atomic E-state index is 13.1. The molecule has 0 aromatic carbocycles. The molecule has 5 heterocycles. The summed E-state index contributed by atoms with van der Waals surface area (Å²) in [5, 5.41) is 8.68. The highest BCUT2D eigenvalue weighted by Crippen LogP contribution is 2.36. The Kier molecular flexibility index (Phi) is 4.92. The van der Waals surface area contributed by atoms with Gasteiger partial charge in [-0.05, 0) is 17.9 Å². The summed E-state index contributed by atoms with van der Waals surface area (Å²) in [6.07, 6.45) is 11.3. The normalized spacial score (nSPS) is 27.9. The molecule has 4 atom stereocenters. The van der Waals surface area contributed by atoms with Gasteiger partial charge in [0.1, 0.15) is 5.69 Å². The van der Waals surface area contributed by atoms with Gasteiger partial charge in [-0.2, -0.15) is 0 Å². The minimum atomic E-state index is -0.302. The number of allylic oxidation sites excluding steroid dienone is 2. The van der Waals surface area contributed by atoms with Crippen LogP contribution < -0.4 is 20.4 Å². The van der Waals surface area contributed by atoms with Crippen molar-refractivity contribution < 1.29 is 9.59 Å². The van der Waals surface area contributed by atoms with Crippen LogP contribution in [-0.2, 0) is 0 Å². The number of hydrogen-bond acceptors (Lipinski definition) is 7. The Balaban J connectivity index is 1.20. The predicted molar refractivity (Wildman–Crippen MR) is 128 cm³/mol. The van der Waals surface area contributed by atoms with Crippen molar-refractivity contribution in [3.63, 3.8) is 0 Å². The van der Waals surface area contributed by atoms with Gasteiger partial charge in [0.05, 0.1) is 29.7 Å². The summed E-state index contributed by atoms with van der Waals surface area (Å²) in [6.45, 7) is 4.04. The number of hydrogen-bond donors (Lipinski definition) is 2. The summed E-state index contributed by atoms with van der Waals surface area (Å²) < 4.78 is 0. The summed E-state index contributed by atoms with van der Waals surface area (Å²) in [4.78, 5) is 40.4. The fraction of sp³-hybridized carbons (Fsp3) is 0.391. The SMILES string of the molecule is CN1C(=O)N(c2nc(C(=O)Nc3cnccc3N3CC4CNCC4C3)cs2)C2C=CC=CC21. The maximum Gasteiger partial charge on any atom is 0.327 e. The van der Waals surface area contributed by atoms with Gasteiger partial charge in [-0.3, -0.25) is 14.7 Å². The summed E-state index contributed by atoms with van der Waals surface area (Å²) >= 11 is 1.30. The van der Waals surface area contributed by atoms with E-state index in [1.165, 1.54) is 11.3 Å². The fourth-order valence-electron chi connectivity index (χ4n) is 5.29. The van der Waals surface area contributed by atoms with Crippen LogP contribution in [0.1, 0.15) is 10.5 Å². The third-order valence-corrected chi connectivity index (χ3v) is 7.88. The summed E-state index contributed by atoms with van der Waals surface area (Å²) in [5.41, 5.74) is 1.96. The lowest BCUT2D eigenvalue weighted by molar-refractivity contribution is 0.102. The molecular formula is C23H25N7O2S. The first-order valence-electron chi connectivity index (χ1n) is 11.2. The van der Waals surface area contributed by atoms with E-state index in [0.717, 1.165) is 31.9 Å². The molecule has 33 heavy (non-hydrogen) atoms. The molecule has 1 aliphatic carbocycles. The number of pyridine rings is 1. The van der Waals surface area contributed by atoms with Crippen LogP contribution in [-0.4, -0.2) is 72.1 Å². The Morgan fingerprint density at radius 1 is 1.18 bits per heavy atom. The van der Waals surface area contributed by atoms with Gasteiger partial charge in [-0.15, -0.1) is 11.3 Å². The van der Waals surface area contributed by atoms with E-state index >= 15 is 0 Å². The summed E-state index contributed by atoms with van der Waals surface area (Å²) in [6, 6.07) is 1.68. The van der Waals surface area contributed by atoms with Crippen molar-refractivity contribution in [2.24, 2.45) is 11.8 Å². The molecule has 10 heteroatoms. The van der Waals surface area contributed by atoms with E-state index in [9.17, 15) is 9.59 Å². The van der Waals surface area contributed by atoms with Crippen molar-refractivity contribution in [3.8, 4) is 0 Å². The lowest BCUT2D eigenvalue weighted by atomic mass is 10.0. The fourth-order valence-corrected chi connectivity index (χ4v) is 6.13. The molecule has 170 valence electrons. The zero-order valence-electron chi connectivity index (χ0n) is 18.2. The van der Waals surface area contributed by atoms with Crippen LogP contribution in [0.25, 0.3) is 0 Å². The van der Waals surface area contributed by atoms with Gasteiger partial charge in [0.15, 0.2) is 5.13 Å². The Bertz CT molecular complexity index is 1150. The number of urea groups is 1. The predicted octanol–water partition coefficient (Wildman–Crippen LogP) is 2.18. The quantitative estimate of drug-likeness (QED) is 0.722. The second kappa shape index (κ2) is 7.96. The van der Waals surface area contributed by atoms with Crippen molar-refractivity contribution in [2.45, 2.75) is 12.1 Å². The zero-order valence-corrected chi connectivity index (χ0v) is 19.0. The smallest absolute Gasteiger partial charge is 0.327 e. The van der Waals surface area contributed by atoms with Gasteiger partial charge in [0, 0.05) is 44.8 Å². The number of carbonyl (C=O) groups excluding carboxylic acids is 2. The number of likely N-dealkylation sites (N-methyl/N-ethyl adjacent to an activating group) is 1. The molecular weight excluding hydrogens is 438 g/mol. The number of carbonyl (C=O) groups is 2. The Hall–Kier alpha value is -3.24. The maximum atomic E-state index is 13.1. The molecule has 0 spiro atoms. The highest BCUT2D eigenvalue weighted by molar-refractivity contribution is 7.14. The second-order valence-corrected chi connectivity index (χ2v) is 9.80. The molecule has 6 rings (SSSR count). The minimum Gasteiger partial charge on any atom is -0.369 e. The number of nitrogens with zero attached hydrogens (tertiary/aromatic N) is 5. The Morgan fingerprint density at radius 2 is 1.94 bits per heavy atom. The van der Waals surface area contributed by atoms with E-state index in [1.807, 2.05) is 30.4 Å². The monoisotopic (exact) mass is 463 g/mol. The van der Waals surface area contributed by atoms with Gasteiger partial charge >= 0.3 is 6.03 Å². The van der Waals surface area contributed by atoms with Crippen LogP contribution in [0.2, 0.25) is 0 Å². The largest absolute Gasteiger partial charge is 0.369 e. The second-order valence-electron chi connectivity index (χ2n) is 8.96. The van der Waals surface area contributed by atoms with E-state index in [4.69, 9.17) is 0 Å². The molecule has 3 fully saturated rings. The van der Waals surface area contributed by atoms with Gasteiger partial charge in [-0.25, -0.2) is 9.78 Å². The molecule has 2 aromatic heterocycles. The molecule has 3 amide bonds. The zero-order chi connectivity index (χ0) is 22.5. The molecule has 2 aromatic rings. The molecule has 0 bridgehead atoms. The van der Waals surface area contributed by atoms with Gasteiger partial charge in [-0.1, -0.05) is 24.3 Å². The molecule has 3 saturated heterocycles. The van der Waals surface area contributed by atoms with Crippen LogP contribution in [0.4, 0.5) is 21.3 Å². The third-order valence-electron chi connectivity index (χ3n) is 7.04. The van der Waals surface area contributed by atoms with Crippen molar-refractivity contribution in [3.05, 3.63) is 53.8 Å². The van der Waals surface area contributed by atoms with Crippen LogP contribution >= 0.6 is 11.3 Å². The van der Waals surface area contributed by atoms with E-state index < -0.39 is 0 Å². The first-order valence-corrected chi connectivity index (χ1v) is 12.1. The van der Waals surface area contributed by atoms with Crippen molar-refractivity contribution in [1.82, 2.24) is 20.2 Å². The lowest BCUT2D eigenvalue weighted by Crippen LogP contribution is -2.35. The van der Waals surface area contributed by atoms with Gasteiger partial charge in [0.2, 0.25) is 0 Å². The van der Waals surface area contributed by atoms with E-state index in [2.05, 4.69) is 25.5 Å². The van der Waals surface area contributed by atoms with Crippen molar-refractivity contribution in [1.29, 1.82) is 0 Å². The van der Waals surface area contributed by atoms with Crippen LogP contribution in [0.15, 0.2) is 48.1 Å². The standard InChI is InChI=1S/C23H25N7O2S/c1-28-19-4-2-3-5-20(19)30(23(28)32)22-27-17(13-33-22)21(31)26-16-10-24-7-6-18(16)29-11-14-8-25-9-15(14)12-29/h2-7,10,13-15,19-20,25H,8-9,11-12H2,1H3,(H,26,31). The molecule has 4 aliphatic rings. The molecule has 9 nitrogen and oxygen atoms in total. The van der Waals surface area contributed by atoms with E-state index in [-0.39, 0.29) is 24.0 Å². The average Bonchev–Trinajstić information content (AvgIpc) is 3.59. The van der Waals surface area contributed by atoms with Gasteiger partial charge in [0.25, 0.3) is 5.91 Å². The number of anilines is 3. The highest BCUT2D eigenvalue weighted by Gasteiger charge is 2.44. The number of thiazole rings is 1. The van der Waals surface area contributed by atoms with Crippen molar-refractivity contribution in [2.75, 3.05) is 48.3 Å². The number of rotatable bonds is 4. The van der Waals surface area contributed by atoms with Crippen LogP contribution in [0.3, 0.4) is 0 Å². The highest BCUT2D eigenvalue weighted by atomic mass is 32.1. The van der Waals surface area contributed by atoms with Crippen LogP contribution in [0.5, 0.6) is 0 Å². The number of aromatic nitrogens is 2. The number of nitrogens with one attached hydrogen (secondary N) is 2. The first kappa shape index (κ1) is 20.4. The summed E-state index contributed by atoms with van der Waals surface area (Å²) in [5.74, 6) is 0.987. The van der Waals surface area contributed by atoms with E-state index in [0.29, 0.717) is 28.3 Å².